The standard InChI is InChI=1S/C29H32F2N4O5/c1-6-38-11-10-35-27(33-40-29(35,28(36)39-7-2)22-14-23(30)16-24(31)15-22)19(3)12-21-8-9-25(26(13-21)37-5)34-17-20(4)32-18-34/h8-9,12-18H,6-7,10-11H2,1-5H3. The number of amidine groups is 1. The highest BCUT2D eigenvalue weighted by Crippen LogP contribution is 2.39. The molecule has 1 aliphatic heterocycles. The molecule has 0 saturated carbocycles. The van der Waals surface area contributed by atoms with E-state index in [1.807, 2.05) is 48.9 Å². The number of halogens is 2. The number of carbonyl (C=O) groups is 1. The Morgan fingerprint density at radius 3 is 2.50 bits per heavy atom. The fourth-order valence-corrected chi connectivity index (χ4v) is 4.52. The van der Waals surface area contributed by atoms with E-state index in [9.17, 15) is 13.6 Å². The van der Waals surface area contributed by atoms with Gasteiger partial charge >= 0.3 is 11.7 Å². The zero-order chi connectivity index (χ0) is 28.9. The number of imidazole rings is 1. The van der Waals surface area contributed by atoms with Crippen molar-refractivity contribution in [1.29, 1.82) is 0 Å². The Balaban J connectivity index is 1.76. The van der Waals surface area contributed by atoms with Crippen LogP contribution in [-0.2, 0) is 24.8 Å². The van der Waals surface area contributed by atoms with Gasteiger partial charge in [0, 0.05) is 31.0 Å². The zero-order valence-corrected chi connectivity index (χ0v) is 23.1. The van der Waals surface area contributed by atoms with E-state index in [2.05, 4.69) is 10.1 Å². The second-order valence-corrected chi connectivity index (χ2v) is 9.06. The van der Waals surface area contributed by atoms with Gasteiger partial charge in [0.15, 0.2) is 5.84 Å². The lowest BCUT2D eigenvalue weighted by atomic mass is 9.99. The summed E-state index contributed by atoms with van der Waals surface area (Å²) in [6.45, 7) is 7.93. The second-order valence-electron chi connectivity index (χ2n) is 9.06. The van der Waals surface area contributed by atoms with Crippen molar-refractivity contribution in [2.24, 2.45) is 5.16 Å². The predicted molar refractivity (Wildman–Crippen MR) is 145 cm³/mol. The topological polar surface area (TPSA) is 87.4 Å². The minimum atomic E-state index is -2.05. The van der Waals surface area contributed by atoms with Crippen LogP contribution in [0, 0.1) is 18.6 Å². The molecule has 1 unspecified atom stereocenters. The molecule has 3 aromatic rings. The van der Waals surface area contributed by atoms with Gasteiger partial charge in [0.2, 0.25) is 0 Å². The van der Waals surface area contributed by atoms with Crippen LogP contribution in [-0.4, -0.2) is 59.7 Å². The summed E-state index contributed by atoms with van der Waals surface area (Å²) in [6, 6.07) is 8.45. The van der Waals surface area contributed by atoms with Crippen molar-refractivity contribution in [3.05, 3.63) is 83.0 Å². The number of ether oxygens (including phenoxy) is 3. The maximum absolute atomic E-state index is 14.3. The molecule has 1 aromatic heterocycles. The van der Waals surface area contributed by atoms with E-state index >= 15 is 0 Å². The third-order valence-electron chi connectivity index (χ3n) is 6.30. The molecule has 1 aliphatic rings. The lowest BCUT2D eigenvalue weighted by Gasteiger charge is -2.35. The summed E-state index contributed by atoms with van der Waals surface area (Å²) >= 11 is 0. The summed E-state index contributed by atoms with van der Waals surface area (Å²) in [4.78, 5) is 25.0. The van der Waals surface area contributed by atoms with Gasteiger partial charge in [-0.1, -0.05) is 11.2 Å². The molecule has 0 amide bonds. The molecule has 0 spiro atoms. The fourth-order valence-electron chi connectivity index (χ4n) is 4.52. The van der Waals surface area contributed by atoms with Gasteiger partial charge in [0.25, 0.3) is 0 Å². The van der Waals surface area contributed by atoms with Crippen molar-refractivity contribution in [3.63, 3.8) is 0 Å². The number of rotatable bonds is 11. The van der Waals surface area contributed by atoms with Crippen LogP contribution < -0.4 is 4.74 Å². The molecule has 0 radical (unpaired) electrons. The van der Waals surface area contributed by atoms with Crippen molar-refractivity contribution in [3.8, 4) is 11.4 Å². The number of carbonyl (C=O) groups excluding carboxylic acids is 1. The van der Waals surface area contributed by atoms with Gasteiger partial charge in [-0.2, -0.15) is 0 Å². The third kappa shape index (κ3) is 5.69. The molecule has 2 aromatic carbocycles. The molecule has 212 valence electrons. The van der Waals surface area contributed by atoms with Gasteiger partial charge in [-0.25, -0.2) is 18.6 Å². The second kappa shape index (κ2) is 12.3. The van der Waals surface area contributed by atoms with Crippen LogP contribution in [0.4, 0.5) is 8.78 Å². The molecular formula is C29H32F2N4O5. The Hall–Kier alpha value is -4.25. The molecule has 9 nitrogen and oxygen atoms in total. The van der Waals surface area contributed by atoms with E-state index in [0.717, 1.165) is 35.1 Å². The quantitative estimate of drug-likeness (QED) is 0.244. The molecular weight excluding hydrogens is 522 g/mol. The van der Waals surface area contributed by atoms with Crippen LogP contribution >= 0.6 is 0 Å². The molecule has 0 fully saturated rings. The van der Waals surface area contributed by atoms with Crippen LogP contribution in [0.2, 0.25) is 0 Å². The Morgan fingerprint density at radius 1 is 1.12 bits per heavy atom. The van der Waals surface area contributed by atoms with Crippen LogP contribution in [0.15, 0.2) is 59.7 Å². The summed E-state index contributed by atoms with van der Waals surface area (Å²) < 4.78 is 47.1. The SMILES string of the molecule is CCOCCN1C(C(C)=Cc2ccc(-n3cnc(C)c3)c(OC)c2)=NOC1(C(=O)OCC)c1cc(F)cc(F)c1. The number of oxime groups is 1. The molecule has 0 bridgehead atoms. The highest BCUT2D eigenvalue weighted by molar-refractivity contribution is 6.05. The predicted octanol–water partition coefficient (Wildman–Crippen LogP) is 4.97. The number of nitrogens with zero attached hydrogens (tertiary/aromatic N) is 4. The summed E-state index contributed by atoms with van der Waals surface area (Å²) in [5.41, 5.74) is 0.943. The Labute approximate surface area is 231 Å². The van der Waals surface area contributed by atoms with Gasteiger partial charge < -0.3 is 23.6 Å². The number of benzene rings is 2. The Kier molecular flexibility index (Phi) is 8.83. The monoisotopic (exact) mass is 554 g/mol. The maximum Gasteiger partial charge on any atom is 0.380 e. The first kappa shape index (κ1) is 28.8. The lowest BCUT2D eigenvalue weighted by molar-refractivity contribution is -0.189. The molecule has 1 atom stereocenters. The van der Waals surface area contributed by atoms with Crippen molar-refractivity contribution in [2.75, 3.05) is 33.5 Å². The molecule has 4 rings (SSSR count). The number of esters is 1. The van der Waals surface area contributed by atoms with Crippen molar-refractivity contribution in [1.82, 2.24) is 14.5 Å². The first-order valence-corrected chi connectivity index (χ1v) is 12.9. The zero-order valence-electron chi connectivity index (χ0n) is 23.1. The Bertz CT molecular complexity index is 1420. The normalized spacial score (nSPS) is 17.0. The first-order chi connectivity index (χ1) is 19.2. The van der Waals surface area contributed by atoms with E-state index in [0.29, 0.717) is 17.9 Å². The molecule has 0 saturated heterocycles. The first-order valence-electron chi connectivity index (χ1n) is 12.9. The van der Waals surface area contributed by atoms with E-state index in [1.54, 1.807) is 27.3 Å². The van der Waals surface area contributed by atoms with Gasteiger partial charge in [0.05, 0.1) is 38.0 Å². The van der Waals surface area contributed by atoms with Gasteiger partial charge in [-0.3, -0.25) is 4.90 Å². The molecule has 2 heterocycles. The van der Waals surface area contributed by atoms with Crippen LogP contribution in [0.5, 0.6) is 5.75 Å². The van der Waals surface area contributed by atoms with Crippen molar-refractivity contribution < 1.29 is 32.6 Å². The third-order valence-corrected chi connectivity index (χ3v) is 6.30. The number of aromatic nitrogens is 2. The van der Waals surface area contributed by atoms with E-state index in [4.69, 9.17) is 19.0 Å². The van der Waals surface area contributed by atoms with Crippen molar-refractivity contribution in [2.45, 2.75) is 33.4 Å². The Morgan fingerprint density at radius 2 is 1.88 bits per heavy atom. The highest BCUT2D eigenvalue weighted by Gasteiger charge is 2.56. The van der Waals surface area contributed by atoms with Crippen LogP contribution in [0.3, 0.4) is 0 Å². The van der Waals surface area contributed by atoms with Crippen LogP contribution in [0.25, 0.3) is 11.8 Å². The van der Waals surface area contributed by atoms with E-state index < -0.39 is 23.3 Å². The average Bonchev–Trinajstić information content (AvgIpc) is 3.53. The van der Waals surface area contributed by atoms with Gasteiger partial charge in [0.1, 0.15) is 17.4 Å². The largest absolute Gasteiger partial charge is 0.495 e. The van der Waals surface area contributed by atoms with Crippen molar-refractivity contribution >= 4 is 17.9 Å². The summed E-state index contributed by atoms with van der Waals surface area (Å²) in [5.74, 6) is -1.69. The minimum absolute atomic E-state index is 0.0216. The number of methoxy groups -OCH3 is 1. The highest BCUT2D eigenvalue weighted by atomic mass is 19.1. The van der Waals surface area contributed by atoms with Gasteiger partial charge in [-0.15, -0.1) is 0 Å². The van der Waals surface area contributed by atoms with Gasteiger partial charge in [-0.05, 0) is 69.2 Å². The summed E-state index contributed by atoms with van der Waals surface area (Å²) in [7, 11) is 1.58. The van der Waals surface area contributed by atoms with E-state index in [-0.39, 0.29) is 31.2 Å². The minimum Gasteiger partial charge on any atom is -0.495 e. The van der Waals surface area contributed by atoms with E-state index in [1.165, 1.54) is 4.90 Å². The maximum atomic E-state index is 14.3. The molecule has 0 N–H and O–H groups in total. The smallest absolute Gasteiger partial charge is 0.380 e. The number of hydrogen-bond donors (Lipinski definition) is 0. The average molecular weight is 555 g/mol. The summed E-state index contributed by atoms with van der Waals surface area (Å²) in [5, 5.41) is 4.22. The molecule has 11 heteroatoms. The fraction of sp³-hybridized carbons (Fsp3) is 0.345. The summed E-state index contributed by atoms with van der Waals surface area (Å²) in [6.07, 6.45) is 5.44. The molecule has 40 heavy (non-hydrogen) atoms. The van der Waals surface area contributed by atoms with Crippen LogP contribution in [0.1, 0.15) is 37.6 Å². The number of hydrogen-bond acceptors (Lipinski definition) is 8. The number of aryl methyl sites for hydroxylation is 1. The lowest BCUT2D eigenvalue weighted by Crippen LogP contribution is -2.54. The molecule has 0 aliphatic carbocycles.